The lowest BCUT2D eigenvalue weighted by molar-refractivity contribution is -0.155. The molecule has 1 unspecified atom stereocenters. The van der Waals surface area contributed by atoms with Crippen molar-refractivity contribution in [1.29, 1.82) is 0 Å². The number of ether oxygens (including phenoxy) is 2. The molecule has 12 heavy (non-hydrogen) atoms. The highest BCUT2D eigenvalue weighted by Crippen LogP contribution is 1.96. The van der Waals surface area contributed by atoms with Crippen molar-refractivity contribution in [3.8, 4) is 0 Å². The molecule has 0 heterocycles. The Morgan fingerprint density at radius 3 is 2.33 bits per heavy atom. The Balaban J connectivity index is 3.65. The van der Waals surface area contributed by atoms with Crippen molar-refractivity contribution in [3.05, 3.63) is 0 Å². The maximum Gasteiger partial charge on any atom is 0.319 e. The van der Waals surface area contributed by atoms with Crippen LogP contribution in [0.25, 0.3) is 0 Å². The van der Waals surface area contributed by atoms with E-state index in [0.29, 0.717) is 0 Å². The monoisotopic (exact) mass is 199 g/mol. The van der Waals surface area contributed by atoms with E-state index in [1.807, 2.05) is 0 Å². The van der Waals surface area contributed by atoms with Gasteiger partial charge in [0.2, 0.25) is 0 Å². The van der Waals surface area contributed by atoms with Crippen molar-refractivity contribution in [1.82, 2.24) is 5.06 Å². The average molecular weight is 199 g/mol. The first-order valence-corrected chi connectivity index (χ1v) is 4.19. The van der Waals surface area contributed by atoms with E-state index in [9.17, 15) is 4.21 Å². The largest absolute Gasteiger partial charge is 0.354 e. The van der Waals surface area contributed by atoms with E-state index in [2.05, 4.69) is 4.28 Å². The molecule has 0 spiro atoms. The fourth-order valence-corrected chi connectivity index (χ4v) is 0.873. The molecular formula is C5H13NO5S. The van der Waals surface area contributed by atoms with Crippen molar-refractivity contribution in [2.75, 3.05) is 27.8 Å². The Bertz CT molecular complexity index is 140. The predicted molar refractivity (Wildman–Crippen MR) is 42.3 cm³/mol. The van der Waals surface area contributed by atoms with Crippen molar-refractivity contribution >= 4 is 11.4 Å². The second-order valence-electron chi connectivity index (χ2n) is 2.00. The Morgan fingerprint density at radius 1 is 1.50 bits per heavy atom. The zero-order valence-corrected chi connectivity index (χ0v) is 8.04. The maximum atomic E-state index is 10.1. The zero-order chi connectivity index (χ0) is 9.56. The first-order chi connectivity index (χ1) is 5.60. The lowest BCUT2D eigenvalue weighted by atomic mass is 10.6. The van der Waals surface area contributed by atoms with Crippen LogP contribution >= 0.6 is 0 Å². The third-order valence-corrected chi connectivity index (χ3v) is 1.50. The molecule has 0 aliphatic rings. The zero-order valence-electron chi connectivity index (χ0n) is 7.22. The number of likely N-dealkylation sites (N-methyl/N-ethyl adjacent to an activating group) is 1. The summed E-state index contributed by atoms with van der Waals surface area (Å²) in [7, 11) is 4.44. The van der Waals surface area contributed by atoms with Crippen molar-refractivity contribution in [3.63, 3.8) is 0 Å². The van der Waals surface area contributed by atoms with Crippen LogP contribution in [0.4, 0.5) is 0 Å². The van der Waals surface area contributed by atoms with Crippen LogP contribution in [0.2, 0.25) is 0 Å². The lowest BCUT2D eigenvalue weighted by Crippen LogP contribution is -2.32. The van der Waals surface area contributed by atoms with Gasteiger partial charge in [-0.3, -0.25) is 4.55 Å². The molecule has 0 aliphatic carbocycles. The summed E-state index contributed by atoms with van der Waals surface area (Å²) in [6.07, 6.45) is -0.474. The molecule has 0 bridgehead atoms. The molecule has 6 nitrogen and oxygen atoms in total. The number of nitrogens with zero attached hydrogens (tertiary/aromatic N) is 1. The SMILES string of the molecule is COC(CN(C)OS(=O)O)OC. The van der Waals surface area contributed by atoms with Gasteiger partial charge >= 0.3 is 11.4 Å². The molecule has 0 saturated heterocycles. The van der Waals surface area contributed by atoms with Crippen molar-refractivity contribution in [2.24, 2.45) is 0 Å². The summed E-state index contributed by atoms with van der Waals surface area (Å²) in [6, 6.07) is 0. The summed E-state index contributed by atoms with van der Waals surface area (Å²) in [5.41, 5.74) is 0. The molecule has 0 aliphatic heterocycles. The number of hydrogen-bond acceptors (Lipinski definition) is 5. The third kappa shape index (κ3) is 5.58. The van der Waals surface area contributed by atoms with Crippen LogP contribution in [0.3, 0.4) is 0 Å². The van der Waals surface area contributed by atoms with Gasteiger partial charge in [-0.2, -0.15) is 13.6 Å². The van der Waals surface area contributed by atoms with Crippen LogP contribution in [0.15, 0.2) is 0 Å². The molecule has 0 fully saturated rings. The van der Waals surface area contributed by atoms with E-state index in [-0.39, 0.29) is 6.54 Å². The molecule has 0 aromatic carbocycles. The van der Waals surface area contributed by atoms with Gasteiger partial charge in [-0.05, 0) is 0 Å². The lowest BCUT2D eigenvalue weighted by Gasteiger charge is -2.18. The molecule has 0 rings (SSSR count). The second kappa shape index (κ2) is 6.46. The average Bonchev–Trinajstić information content (AvgIpc) is 1.98. The Hall–Kier alpha value is -0.0500. The molecule has 7 heteroatoms. The molecule has 0 radical (unpaired) electrons. The summed E-state index contributed by atoms with van der Waals surface area (Å²) in [5.74, 6) is 0. The van der Waals surface area contributed by atoms with Crippen molar-refractivity contribution in [2.45, 2.75) is 6.29 Å². The minimum atomic E-state index is -2.30. The fraction of sp³-hybridized carbons (Fsp3) is 1.00. The number of methoxy groups -OCH3 is 2. The van der Waals surface area contributed by atoms with Crippen LogP contribution in [0.5, 0.6) is 0 Å². The Morgan fingerprint density at radius 2 is 2.00 bits per heavy atom. The van der Waals surface area contributed by atoms with E-state index in [4.69, 9.17) is 14.0 Å². The molecular weight excluding hydrogens is 186 g/mol. The summed E-state index contributed by atoms with van der Waals surface area (Å²) in [5, 5.41) is 1.16. The highest BCUT2D eigenvalue weighted by molar-refractivity contribution is 7.74. The van der Waals surface area contributed by atoms with Crippen LogP contribution in [0.1, 0.15) is 0 Å². The summed E-state index contributed by atoms with van der Waals surface area (Å²) >= 11 is -2.30. The quantitative estimate of drug-likeness (QED) is 0.357. The summed E-state index contributed by atoms with van der Waals surface area (Å²) in [6.45, 7) is 0.249. The number of hydroxylamine groups is 2. The number of hydrogen-bond donors (Lipinski definition) is 1. The van der Waals surface area contributed by atoms with Gasteiger partial charge in [-0.15, -0.1) is 0 Å². The minimum Gasteiger partial charge on any atom is -0.354 e. The molecule has 0 aromatic heterocycles. The fourth-order valence-electron chi connectivity index (χ4n) is 0.595. The smallest absolute Gasteiger partial charge is 0.319 e. The van der Waals surface area contributed by atoms with E-state index in [0.717, 1.165) is 5.06 Å². The van der Waals surface area contributed by atoms with Crippen LogP contribution in [0, 0.1) is 0 Å². The van der Waals surface area contributed by atoms with E-state index < -0.39 is 17.7 Å². The molecule has 74 valence electrons. The maximum absolute atomic E-state index is 10.1. The normalized spacial score (nSPS) is 14.2. The molecule has 0 amide bonds. The van der Waals surface area contributed by atoms with Gasteiger partial charge in [0.15, 0.2) is 6.29 Å². The van der Waals surface area contributed by atoms with Gasteiger partial charge in [-0.1, -0.05) is 0 Å². The minimum absolute atomic E-state index is 0.249. The van der Waals surface area contributed by atoms with Gasteiger partial charge in [0.25, 0.3) is 0 Å². The first kappa shape index (κ1) is 11.9. The summed E-state index contributed by atoms with van der Waals surface area (Å²) in [4.78, 5) is 0. The standard InChI is InChI=1S/C5H13NO5S/c1-6(11-12(7)8)4-5(9-2)10-3/h5H,4H2,1-3H3,(H,7,8). The van der Waals surface area contributed by atoms with E-state index in [1.54, 1.807) is 0 Å². The topological polar surface area (TPSA) is 68.2 Å². The highest BCUT2D eigenvalue weighted by atomic mass is 32.2. The highest BCUT2D eigenvalue weighted by Gasteiger charge is 2.11. The van der Waals surface area contributed by atoms with E-state index >= 15 is 0 Å². The predicted octanol–water partition coefficient (Wildman–Crippen LogP) is -0.395. The van der Waals surface area contributed by atoms with E-state index in [1.165, 1.54) is 21.3 Å². The molecule has 1 N–H and O–H groups in total. The van der Waals surface area contributed by atoms with Crippen LogP contribution in [-0.4, -0.2) is 47.9 Å². The molecule has 1 atom stereocenters. The number of rotatable bonds is 6. The Kier molecular flexibility index (Phi) is 6.44. The molecule has 0 saturated carbocycles. The third-order valence-electron chi connectivity index (χ3n) is 1.12. The second-order valence-corrected chi connectivity index (χ2v) is 2.59. The summed E-state index contributed by atoms with van der Waals surface area (Å²) < 4.78 is 32.5. The van der Waals surface area contributed by atoms with Crippen LogP contribution in [-0.2, 0) is 25.1 Å². The van der Waals surface area contributed by atoms with Gasteiger partial charge in [0.1, 0.15) is 0 Å². The molecule has 0 aromatic rings. The van der Waals surface area contributed by atoms with Gasteiger partial charge in [-0.25, -0.2) is 0 Å². The van der Waals surface area contributed by atoms with Gasteiger partial charge < -0.3 is 9.47 Å². The first-order valence-electron chi connectivity index (χ1n) is 3.16. The van der Waals surface area contributed by atoms with Crippen molar-refractivity contribution < 1.29 is 22.5 Å². The van der Waals surface area contributed by atoms with Gasteiger partial charge in [0.05, 0.1) is 6.54 Å². The van der Waals surface area contributed by atoms with Gasteiger partial charge in [0, 0.05) is 21.3 Å². The van der Waals surface area contributed by atoms with Crippen LogP contribution < -0.4 is 0 Å². The Labute approximate surface area is 73.8 Å².